The van der Waals surface area contributed by atoms with E-state index >= 15 is 0 Å². The predicted molar refractivity (Wildman–Crippen MR) is 72.6 cm³/mol. The summed E-state index contributed by atoms with van der Waals surface area (Å²) in [4.78, 5) is 12.1. The summed E-state index contributed by atoms with van der Waals surface area (Å²) in [6, 6.07) is 16.0. The zero-order chi connectivity index (χ0) is 13.9. The summed E-state index contributed by atoms with van der Waals surface area (Å²) >= 11 is 0. The van der Waals surface area contributed by atoms with Gasteiger partial charge in [-0.3, -0.25) is 0 Å². The molecule has 0 spiro atoms. The molecule has 0 aliphatic carbocycles. The van der Waals surface area contributed by atoms with Crippen LogP contribution in [-0.4, -0.2) is 18.2 Å². The number of aryl methyl sites for hydroxylation is 1. The first-order valence-corrected chi connectivity index (χ1v) is 6.02. The van der Waals surface area contributed by atoms with Gasteiger partial charge in [0, 0.05) is 0 Å². The Bertz CT molecular complexity index is 578. The van der Waals surface area contributed by atoms with Gasteiger partial charge in [0.25, 0.3) is 0 Å². The van der Waals surface area contributed by atoms with E-state index in [0.29, 0.717) is 11.1 Å². The molecular weight excluding hydrogens is 240 g/mol. The van der Waals surface area contributed by atoms with Crippen molar-refractivity contribution in [3.05, 3.63) is 71.3 Å². The number of ether oxygens (including phenoxy) is 1. The van der Waals surface area contributed by atoms with Crippen LogP contribution in [0.4, 0.5) is 0 Å². The normalized spacial score (nSPS) is 13.6. The van der Waals surface area contributed by atoms with Gasteiger partial charge in [-0.1, -0.05) is 60.2 Å². The summed E-state index contributed by atoms with van der Waals surface area (Å²) < 4.78 is 4.78. The van der Waals surface area contributed by atoms with Gasteiger partial charge in [-0.25, -0.2) is 4.79 Å². The molecule has 0 saturated carbocycles. The van der Waals surface area contributed by atoms with Crippen molar-refractivity contribution in [3.8, 4) is 0 Å². The highest BCUT2D eigenvalue weighted by atomic mass is 16.5. The van der Waals surface area contributed by atoms with Gasteiger partial charge in [0.1, 0.15) is 0 Å². The first kappa shape index (κ1) is 13.3. The lowest BCUT2D eigenvalue weighted by atomic mass is 9.86. The SMILES string of the molecule is COC(=O)[C@](O)(c1ccccc1)c1cccc(C)c1. The molecule has 1 N–H and O–H groups in total. The van der Waals surface area contributed by atoms with Gasteiger partial charge in [-0.15, -0.1) is 0 Å². The number of benzene rings is 2. The molecule has 0 unspecified atom stereocenters. The minimum atomic E-state index is -1.78. The van der Waals surface area contributed by atoms with Crippen LogP contribution in [-0.2, 0) is 15.1 Å². The molecule has 0 saturated heterocycles. The molecule has 19 heavy (non-hydrogen) atoms. The molecule has 1 atom stereocenters. The Labute approximate surface area is 112 Å². The van der Waals surface area contributed by atoms with Crippen molar-refractivity contribution in [1.29, 1.82) is 0 Å². The quantitative estimate of drug-likeness (QED) is 0.858. The average Bonchev–Trinajstić information content (AvgIpc) is 2.46. The van der Waals surface area contributed by atoms with E-state index in [4.69, 9.17) is 4.74 Å². The molecule has 98 valence electrons. The smallest absolute Gasteiger partial charge is 0.347 e. The van der Waals surface area contributed by atoms with Crippen LogP contribution in [0.3, 0.4) is 0 Å². The van der Waals surface area contributed by atoms with Crippen LogP contribution < -0.4 is 0 Å². The monoisotopic (exact) mass is 256 g/mol. The maximum atomic E-state index is 12.1. The lowest BCUT2D eigenvalue weighted by Gasteiger charge is -2.26. The highest BCUT2D eigenvalue weighted by Gasteiger charge is 2.41. The van der Waals surface area contributed by atoms with E-state index in [1.54, 1.807) is 36.4 Å². The standard InChI is InChI=1S/C16H16O3/c1-12-7-6-10-14(11-12)16(18,15(17)19-2)13-8-4-3-5-9-13/h3-11,18H,1-2H3/t16-/m0/s1. The second-order valence-electron chi connectivity index (χ2n) is 4.44. The zero-order valence-corrected chi connectivity index (χ0v) is 11.0. The highest BCUT2D eigenvalue weighted by Crippen LogP contribution is 2.31. The Morgan fingerprint density at radius 1 is 1.05 bits per heavy atom. The Balaban J connectivity index is 2.62. The van der Waals surface area contributed by atoms with Gasteiger partial charge in [-0.2, -0.15) is 0 Å². The third-order valence-corrected chi connectivity index (χ3v) is 3.11. The summed E-state index contributed by atoms with van der Waals surface area (Å²) in [5, 5.41) is 10.9. The van der Waals surface area contributed by atoms with Crippen molar-refractivity contribution in [2.24, 2.45) is 0 Å². The molecule has 0 aliphatic heterocycles. The minimum absolute atomic E-state index is 0.493. The number of aliphatic hydroxyl groups is 1. The molecule has 0 heterocycles. The number of methoxy groups -OCH3 is 1. The van der Waals surface area contributed by atoms with Gasteiger partial charge < -0.3 is 9.84 Å². The second-order valence-corrected chi connectivity index (χ2v) is 4.44. The summed E-state index contributed by atoms with van der Waals surface area (Å²) in [5.41, 5.74) is 0.191. The van der Waals surface area contributed by atoms with Crippen molar-refractivity contribution >= 4 is 5.97 Å². The Morgan fingerprint density at radius 3 is 2.26 bits per heavy atom. The molecular formula is C16H16O3. The summed E-state index contributed by atoms with van der Waals surface area (Å²) in [6.45, 7) is 1.91. The van der Waals surface area contributed by atoms with Crippen molar-refractivity contribution < 1.29 is 14.6 Å². The molecule has 0 aromatic heterocycles. The summed E-state index contributed by atoms with van der Waals surface area (Å²) in [5.74, 6) is -0.690. The van der Waals surface area contributed by atoms with Crippen LogP contribution in [0.15, 0.2) is 54.6 Å². The molecule has 0 aliphatic rings. The van der Waals surface area contributed by atoms with E-state index in [1.165, 1.54) is 7.11 Å². The number of carbonyl (C=O) groups excluding carboxylic acids is 1. The number of hydrogen-bond acceptors (Lipinski definition) is 3. The molecule has 0 amide bonds. The molecule has 3 nitrogen and oxygen atoms in total. The van der Waals surface area contributed by atoms with E-state index in [1.807, 2.05) is 25.1 Å². The maximum absolute atomic E-state index is 12.1. The van der Waals surface area contributed by atoms with Crippen molar-refractivity contribution in [2.75, 3.05) is 7.11 Å². The number of hydrogen-bond donors (Lipinski definition) is 1. The predicted octanol–water partition coefficient (Wildman–Crippen LogP) is 2.40. The molecule has 0 radical (unpaired) electrons. The third kappa shape index (κ3) is 2.37. The first-order chi connectivity index (χ1) is 9.09. The van der Waals surface area contributed by atoms with Crippen LogP contribution in [0.2, 0.25) is 0 Å². The van der Waals surface area contributed by atoms with Gasteiger partial charge in [0.15, 0.2) is 0 Å². The van der Waals surface area contributed by atoms with E-state index in [-0.39, 0.29) is 0 Å². The minimum Gasteiger partial charge on any atom is -0.466 e. The molecule has 0 fully saturated rings. The molecule has 0 bridgehead atoms. The van der Waals surface area contributed by atoms with Crippen LogP contribution in [0, 0.1) is 6.92 Å². The van der Waals surface area contributed by atoms with Crippen LogP contribution >= 0.6 is 0 Å². The van der Waals surface area contributed by atoms with Crippen molar-refractivity contribution in [1.82, 2.24) is 0 Å². The van der Waals surface area contributed by atoms with Gasteiger partial charge in [0.05, 0.1) is 7.11 Å². The molecule has 2 aromatic rings. The van der Waals surface area contributed by atoms with E-state index in [9.17, 15) is 9.90 Å². The first-order valence-electron chi connectivity index (χ1n) is 6.02. The maximum Gasteiger partial charge on any atom is 0.347 e. The molecule has 2 rings (SSSR count). The molecule has 2 aromatic carbocycles. The fourth-order valence-electron chi connectivity index (χ4n) is 2.10. The largest absolute Gasteiger partial charge is 0.466 e. The Hall–Kier alpha value is -2.13. The number of esters is 1. The lowest BCUT2D eigenvalue weighted by molar-refractivity contribution is -0.158. The van der Waals surface area contributed by atoms with E-state index in [2.05, 4.69) is 0 Å². The van der Waals surface area contributed by atoms with Crippen LogP contribution in [0.1, 0.15) is 16.7 Å². The van der Waals surface area contributed by atoms with Gasteiger partial charge in [0.2, 0.25) is 5.60 Å². The Morgan fingerprint density at radius 2 is 1.68 bits per heavy atom. The third-order valence-electron chi connectivity index (χ3n) is 3.11. The second kappa shape index (κ2) is 5.24. The van der Waals surface area contributed by atoms with Gasteiger partial charge >= 0.3 is 5.97 Å². The molecule has 3 heteroatoms. The van der Waals surface area contributed by atoms with Crippen LogP contribution in [0.25, 0.3) is 0 Å². The Kier molecular flexibility index (Phi) is 3.67. The lowest BCUT2D eigenvalue weighted by Crippen LogP contribution is -2.38. The van der Waals surface area contributed by atoms with Crippen molar-refractivity contribution in [2.45, 2.75) is 12.5 Å². The van der Waals surface area contributed by atoms with Gasteiger partial charge in [-0.05, 0) is 18.1 Å². The summed E-state index contributed by atoms with van der Waals surface area (Å²) in [6.07, 6.45) is 0. The van der Waals surface area contributed by atoms with Crippen molar-refractivity contribution in [3.63, 3.8) is 0 Å². The number of carbonyl (C=O) groups is 1. The average molecular weight is 256 g/mol. The van der Waals surface area contributed by atoms with E-state index < -0.39 is 11.6 Å². The van der Waals surface area contributed by atoms with Crippen LogP contribution in [0.5, 0.6) is 0 Å². The fourth-order valence-corrected chi connectivity index (χ4v) is 2.10. The number of rotatable bonds is 3. The highest BCUT2D eigenvalue weighted by molar-refractivity contribution is 5.85. The van der Waals surface area contributed by atoms with E-state index in [0.717, 1.165) is 5.56 Å². The fraction of sp³-hybridized carbons (Fsp3) is 0.188. The summed E-state index contributed by atoms with van der Waals surface area (Å²) in [7, 11) is 1.27. The topological polar surface area (TPSA) is 46.5 Å². The zero-order valence-electron chi connectivity index (χ0n) is 11.0.